The van der Waals surface area contributed by atoms with Gasteiger partial charge in [0.05, 0.1) is 25.5 Å². The summed E-state index contributed by atoms with van der Waals surface area (Å²) >= 11 is 0. The average molecular weight is 429 g/mol. The first-order valence-corrected chi connectivity index (χ1v) is 12.1. The molecule has 0 aromatic carbocycles. The molecule has 0 bridgehead atoms. The SMILES string of the molecule is CC1CCCC1N1CCN(C(=O)CN2CCc3nc(N4CCOCC4)ncc3C2)CC1. The van der Waals surface area contributed by atoms with E-state index in [9.17, 15) is 4.79 Å². The summed E-state index contributed by atoms with van der Waals surface area (Å²) in [6.45, 7) is 11.5. The predicted octanol–water partition coefficient (Wildman–Crippen LogP) is 1.00. The maximum Gasteiger partial charge on any atom is 0.236 e. The normalized spacial score (nSPS) is 28.0. The Morgan fingerprint density at radius 1 is 1.10 bits per heavy atom. The van der Waals surface area contributed by atoms with Gasteiger partial charge in [0.25, 0.3) is 0 Å². The summed E-state index contributed by atoms with van der Waals surface area (Å²) in [5.74, 6) is 1.90. The number of fused-ring (bicyclic) bond motifs is 1. The van der Waals surface area contributed by atoms with Crippen molar-refractivity contribution in [2.45, 2.75) is 45.2 Å². The lowest BCUT2D eigenvalue weighted by molar-refractivity contribution is -0.134. The number of morpholine rings is 1. The van der Waals surface area contributed by atoms with Crippen LogP contribution in [0, 0.1) is 5.92 Å². The van der Waals surface area contributed by atoms with Crippen LogP contribution < -0.4 is 4.90 Å². The highest BCUT2D eigenvalue weighted by Gasteiger charge is 2.32. The van der Waals surface area contributed by atoms with E-state index < -0.39 is 0 Å². The number of ether oxygens (including phenoxy) is 1. The second kappa shape index (κ2) is 9.38. The maximum atomic E-state index is 12.9. The Kier molecular flexibility index (Phi) is 6.39. The molecule has 170 valence electrons. The van der Waals surface area contributed by atoms with Gasteiger partial charge in [-0.05, 0) is 18.8 Å². The van der Waals surface area contributed by atoms with Crippen molar-refractivity contribution >= 4 is 11.9 Å². The summed E-state index contributed by atoms with van der Waals surface area (Å²) in [5, 5.41) is 0. The van der Waals surface area contributed by atoms with Crippen molar-refractivity contribution < 1.29 is 9.53 Å². The van der Waals surface area contributed by atoms with E-state index in [4.69, 9.17) is 9.72 Å². The number of amides is 1. The van der Waals surface area contributed by atoms with E-state index in [1.807, 2.05) is 6.20 Å². The number of rotatable bonds is 4. The third kappa shape index (κ3) is 4.71. The molecule has 4 heterocycles. The van der Waals surface area contributed by atoms with Crippen LogP contribution in [0.4, 0.5) is 5.95 Å². The van der Waals surface area contributed by atoms with Crippen LogP contribution in [-0.2, 0) is 22.5 Å². The minimum absolute atomic E-state index is 0.272. The lowest BCUT2D eigenvalue weighted by atomic mass is 10.0. The van der Waals surface area contributed by atoms with Crippen molar-refractivity contribution in [3.8, 4) is 0 Å². The molecule has 3 fully saturated rings. The Bertz CT molecular complexity index is 775. The van der Waals surface area contributed by atoms with Gasteiger partial charge < -0.3 is 14.5 Å². The molecule has 2 unspecified atom stereocenters. The number of aromatic nitrogens is 2. The molecule has 8 nitrogen and oxygen atoms in total. The Morgan fingerprint density at radius 3 is 2.65 bits per heavy atom. The summed E-state index contributed by atoms with van der Waals surface area (Å²) in [7, 11) is 0. The van der Waals surface area contributed by atoms with Crippen LogP contribution in [-0.4, -0.2) is 102 Å². The fraction of sp³-hybridized carbons (Fsp3) is 0.783. The molecule has 31 heavy (non-hydrogen) atoms. The van der Waals surface area contributed by atoms with Crippen LogP contribution in [0.2, 0.25) is 0 Å². The van der Waals surface area contributed by atoms with Crippen LogP contribution in [0.1, 0.15) is 37.4 Å². The van der Waals surface area contributed by atoms with Crippen molar-refractivity contribution in [1.82, 2.24) is 24.7 Å². The topological polar surface area (TPSA) is 65.0 Å². The van der Waals surface area contributed by atoms with Gasteiger partial charge >= 0.3 is 0 Å². The average Bonchev–Trinajstić information content (AvgIpc) is 3.25. The van der Waals surface area contributed by atoms with Crippen LogP contribution in [0.5, 0.6) is 0 Å². The van der Waals surface area contributed by atoms with Crippen LogP contribution in [0.3, 0.4) is 0 Å². The van der Waals surface area contributed by atoms with Crippen LogP contribution >= 0.6 is 0 Å². The second-order valence-electron chi connectivity index (χ2n) is 9.59. The highest BCUT2D eigenvalue weighted by atomic mass is 16.5. The zero-order chi connectivity index (χ0) is 21.2. The lowest BCUT2D eigenvalue weighted by Gasteiger charge is -2.40. The Hall–Kier alpha value is -1.77. The lowest BCUT2D eigenvalue weighted by Crippen LogP contribution is -2.54. The largest absolute Gasteiger partial charge is 0.378 e. The second-order valence-corrected chi connectivity index (χ2v) is 9.59. The van der Waals surface area contributed by atoms with E-state index in [2.05, 4.69) is 31.5 Å². The highest BCUT2D eigenvalue weighted by Crippen LogP contribution is 2.30. The molecule has 1 aliphatic carbocycles. The molecule has 1 saturated carbocycles. The van der Waals surface area contributed by atoms with Gasteiger partial charge in [-0.15, -0.1) is 0 Å². The zero-order valence-electron chi connectivity index (χ0n) is 18.8. The van der Waals surface area contributed by atoms with Gasteiger partial charge in [-0.25, -0.2) is 9.97 Å². The van der Waals surface area contributed by atoms with E-state index >= 15 is 0 Å². The van der Waals surface area contributed by atoms with Crippen LogP contribution in [0.25, 0.3) is 0 Å². The molecule has 8 heteroatoms. The number of hydrogen-bond acceptors (Lipinski definition) is 7. The fourth-order valence-electron chi connectivity index (χ4n) is 5.68. The number of nitrogens with zero attached hydrogens (tertiary/aromatic N) is 6. The summed E-state index contributed by atoms with van der Waals surface area (Å²) in [4.78, 5) is 31.5. The number of carbonyl (C=O) groups excluding carboxylic acids is 1. The summed E-state index contributed by atoms with van der Waals surface area (Å²) in [6.07, 6.45) is 6.90. The third-order valence-corrected chi connectivity index (χ3v) is 7.61. The van der Waals surface area contributed by atoms with Crippen molar-refractivity contribution in [2.75, 3.05) is 70.5 Å². The molecule has 0 radical (unpaired) electrons. The Labute approximate surface area is 185 Å². The number of piperazine rings is 1. The number of anilines is 1. The Morgan fingerprint density at radius 2 is 1.90 bits per heavy atom. The molecule has 0 spiro atoms. The standard InChI is InChI=1S/C23H36N6O2/c1-18-3-2-4-21(18)27-7-9-28(10-8-27)22(30)17-26-6-5-20-19(16-26)15-24-23(25-20)29-11-13-31-14-12-29/h15,18,21H,2-14,16-17H2,1H3. The molecular formula is C23H36N6O2. The van der Waals surface area contributed by atoms with Gasteiger partial charge in [0.1, 0.15) is 0 Å². The van der Waals surface area contributed by atoms with Gasteiger partial charge in [-0.1, -0.05) is 13.3 Å². The summed E-state index contributed by atoms with van der Waals surface area (Å²) in [5.41, 5.74) is 2.30. The highest BCUT2D eigenvalue weighted by molar-refractivity contribution is 5.78. The number of hydrogen-bond donors (Lipinski definition) is 0. The van der Waals surface area contributed by atoms with E-state index in [-0.39, 0.29) is 5.91 Å². The predicted molar refractivity (Wildman–Crippen MR) is 119 cm³/mol. The van der Waals surface area contributed by atoms with E-state index in [1.165, 1.54) is 19.3 Å². The molecule has 1 amide bonds. The quantitative estimate of drug-likeness (QED) is 0.709. The van der Waals surface area contributed by atoms with Gasteiger partial charge in [-0.3, -0.25) is 14.6 Å². The van der Waals surface area contributed by atoms with Crippen molar-refractivity contribution in [3.05, 3.63) is 17.5 Å². The zero-order valence-corrected chi connectivity index (χ0v) is 18.8. The first-order valence-electron chi connectivity index (χ1n) is 12.1. The molecule has 3 aliphatic heterocycles. The minimum Gasteiger partial charge on any atom is -0.378 e. The van der Waals surface area contributed by atoms with Crippen molar-refractivity contribution in [2.24, 2.45) is 5.92 Å². The van der Waals surface area contributed by atoms with Gasteiger partial charge in [0, 0.05) is 76.6 Å². The molecular weight excluding hydrogens is 392 g/mol. The molecule has 2 atom stereocenters. The molecule has 1 aromatic heterocycles. The first kappa shape index (κ1) is 21.1. The summed E-state index contributed by atoms with van der Waals surface area (Å²) in [6, 6.07) is 0.734. The molecule has 2 saturated heterocycles. The smallest absolute Gasteiger partial charge is 0.236 e. The maximum absolute atomic E-state index is 12.9. The van der Waals surface area contributed by atoms with E-state index in [0.717, 1.165) is 101 Å². The van der Waals surface area contributed by atoms with Gasteiger partial charge in [-0.2, -0.15) is 0 Å². The van der Waals surface area contributed by atoms with Crippen LogP contribution in [0.15, 0.2) is 6.20 Å². The molecule has 1 aromatic rings. The minimum atomic E-state index is 0.272. The van der Waals surface area contributed by atoms with E-state index in [1.54, 1.807) is 0 Å². The van der Waals surface area contributed by atoms with Crippen molar-refractivity contribution in [1.29, 1.82) is 0 Å². The Balaban J connectivity index is 1.12. The van der Waals surface area contributed by atoms with E-state index in [0.29, 0.717) is 6.54 Å². The molecule has 5 rings (SSSR count). The monoisotopic (exact) mass is 428 g/mol. The summed E-state index contributed by atoms with van der Waals surface area (Å²) < 4.78 is 5.43. The first-order chi connectivity index (χ1) is 15.2. The number of carbonyl (C=O) groups is 1. The third-order valence-electron chi connectivity index (χ3n) is 7.61. The van der Waals surface area contributed by atoms with Gasteiger partial charge in [0.2, 0.25) is 11.9 Å². The molecule has 4 aliphatic rings. The van der Waals surface area contributed by atoms with Gasteiger partial charge in [0.15, 0.2) is 0 Å². The van der Waals surface area contributed by atoms with Crippen molar-refractivity contribution in [3.63, 3.8) is 0 Å². The molecule has 0 N–H and O–H groups in total. The fourth-order valence-corrected chi connectivity index (χ4v) is 5.68.